The summed E-state index contributed by atoms with van der Waals surface area (Å²) in [6.07, 6.45) is 4.15. The number of nitrogens with one attached hydrogen (secondary N) is 1. The molecule has 0 bridgehead atoms. The molecule has 0 radical (unpaired) electrons. The van der Waals surface area contributed by atoms with Gasteiger partial charge < -0.3 is 5.32 Å². The number of thioether (sulfide) groups is 1. The smallest absolute Gasteiger partial charge is 0.144 e. The van der Waals surface area contributed by atoms with Crippen LogP contribution in [-0.2, 0) is 12.2 Å². The van der Waals surface area contributed by atoms with E-state index in [1.165, 1.54) is 0 Å². The molecule has 0 saturated carbocycles. The van der Waals surface area contributed by atoms with Gasteiger partial charge in [0.05, 0.1) is 15.9 Å². The van der Waals surface area contributed by atoms with Gasteiger partial charge in [-0.15, -0.1) is 0 Å². The molecule has 1 N–H and O–H groups in total. The van der Waals surface area contributed by atoms with Gasteiger partial charge in [0.1, 0.15) is 11.6 Å². The van der Waals surface area contributed by atoms with Crippen LogP contribution >= 0.6 is 27.7 Å². The summed E-state index contributed by atoms with van der Waals surface area (Å²) in [5, 5.41) is 3.27. The molecule has 1 aromatic rings. The molecule has 3 nitrogen and oxygen atoms in total. The predicted octanol–water partition coefficient (Wildman–Crippen LogP) is 3.49. The van der Waals surface area contributed by atoms with Crippen LogP contribution in [0.3, 0.4) is 0 Å². The highest BCUT2D eigenvalue weighted by Gasteiger charge is 2.10. The van der Waals surface area contributed by atoms with Gasteiger partial charge in [0.15, 0.2) is 0 Å². The van der Waals surface area contributed by atoms with Gasteiger partial charge in [0, 0.05) is 6.54 Å². The lowest BCUT2D eigenvalue weighted by Gasteiger charge is -2.11. The Hall–Kier alpha value is -0.290. The number of aromatic nitrogens is 2. The van der Waals surface area contributed by atoms with E-state index in [-0.39, 0.29) is 0 Å². The van der Waals surface area contributed by atoms with E-state index in [9.17, 15) is 0 Å². The Morgan fingerprint density at radius 3 is 2.62 bits per heavy atom. The number of nitrogens with zero attached hydrogens (tertiary/aromatic N) is 2. The van der Waals surface area contributed by atoms with Crippen molar-refractivity contribution in [2.45, 2.75) is 32.4 Å². The molecule has 0 spiro atoms. The van der Waals surface area contributed by atoms with E-state index in [0.717, 1.165) is 46.9 Å². The van der Waals surface area contributed by atoms with Crippen molar-refractivity contribution < 1.29 is 0 Å². The van der Waals surface area contributed by atoms with Gasteiger partial charge >= 0.3 is 0 Å². The lowest BCUT2D eigenvalue weighted by molar-refractivity contribution is 0.845. The first-order chi connectivity index (χ1) is 7.72. The molecule has 16 heavy (non-hydrogen) atoms. The number of rotatable bonds is 6. The minimum Gasteiger partial charge on any atom is -0.369 e. The molecular formula is C11H18BrN3S. The van der Waals surface area contributed by atoms with Gasteiger partial charge in [-0.25, -0.2) is 9.97 Å². The first kappa shape index (κ1) is 13.8. The van der Waals surface area contributed by atoms with E-state index in [0.29, 0.717) is 0 Å². The van der Waals surface area contributed by atoms with Crippen LogP contribution in [0.15, 0.2) is 4.47 Å². The molecule has 0 aromatic carbocycles. The Morgan fingerprint density at radius 1 is 1.31 bits per heavy atom. The number of hydrogen-bond donors (Lipinski definition) is 1. The van der Waals surface area contributed by atoms with Gasteiger partial charge in [-0.05, 0) is 35.5 Å². The fourth-order valence-electron chi connectivity index (χ4n) is 1.43. The molecule has 0 aliphatic heterocycles. The monoisotopic (exact) mass is 303 g/mol. The molecular weight excluding hydrogens is 286 g/mol. The summed E-state index contributed by atoms with van der Waals surface area (Å²) < 4.78 is 1.01. The Balaban J connectivity index is 3.05. The van der Waals surface area contributed by atoms with E-state index in [1.54, 1.807) is 11.8 Å². The molecule has 1 heterocycles. The molecule has 0 fully saturated rings. The van der Waals surface area contributed by atoms with Crippen molar-refractivity contribution in [3.63, 3.8) is 0 Å². The van der Waals surface area contributed by atoms with Crippen molar-refractivity contribution in [3.8, 4) is 0 Å². The minimum absolute atomic E-state index is 0.863. The highest BCUT2D eigenvalue weighted by molar-refractivity contribution is 9.10. The van der Waals surface area contributed by atoms with Gasteiger partial charge in [-0.2, -0.15) is 11.8 Å². The number of hydrogen-bond acceptors (Lipinski definition) is 4. The van der Waals surface area contributed by atoms with E-state index >= 15 is 0 Å². The van der Waals surface area contributed by atoms with Crippen molar-refractivity contribution >= 4 is 33.5 Å². The Labute approximate surface area is 110 Å². The quantitative estimate of drug-likeness (QED) is 0.873. The van der Waals surface area contributed by atoms with E-state index in [4.69, 9.17) is 0 Å². The lowest BCUT2D eigenvalue weighted by Crippen LogP contribution is -2.07. The third-order valence-electron chi connectivity index (χ3n) is 2.07. The van der Waals surface area contributed by atoms with Crippen LogP contribution in [0.4, 0.5) is 5.82 Å². The topological polar surface area (TPSA) is 37.8 Å². The molecule has 0 saturated heterocycles. The summed E-state index contributed by atoms with van der Waals surface area (Å²) in [6.45, 7) is 5.11. The van der Waals surface area contributed by atoms with Gasteiger partial charge in [-0.3, -0.25) is 0 Å². The van der Waals surface area contributed by atoms with Crippen LogP contribution in [0, 0.1) is 0 Å². The molecule has 0 unspecified atom stereocenters. The normalized spacial score (nSPS) is 10.5. The van der Waals surface area contributed by atoms with Crippen LogP contribution in [0.5, 0.6) is 0 Å². The van der Waals surface area contributed by atoms with E-state index < -0.39 is 0 Å². The maximum absolute atomic E-state index is 4.58. The number of halogens is 1. The fourth-order valence-corrected chi connectivity index (χ4v) is 2.33. The molecule has 0 atom stereocenters. The summed E-state index contributed by atoms with van der Waals surface area (Å²) in [7, 11) is 0. The summed E-state index contributed by atoms with van der Waals surface area (Å²) in [5.41, 5.74) is 1.11. The average molecular weight is 304 g/mol. The second kappa shape index (κ2) is 7.12. The highest BCUT2D eigenvalue weighted by Crippen LogP contribution is 2.25. The zero-order chi connectivity index (χ0) is 12.0. The Kier molecular flexibility index (Phi) is 6.13. The van der Waals surface area contributed by atoms with Crippen LogP contribution in [0.2, 0.25) is 0 Å². The van der Waals surface area contributed by atoms with Crippen LogP contribution in [0.25, 0.3) is 0 Å². The number of aryl methyl sites for hydroxylation is 1. The SMILES string of the molecule is CCCc1nc(CSC)nc(NCC)c1Br. The van der Waals surface area contributed by atoms with Crippen LogP contribution < -0.4 is 5.32 Å². The van der Waals surface area contributed by atoms with Gasteiger partial charge in [-0.1, -0.05) is 13.3 Å². The maximum atomic E-state index is 4.58. The van der Waals surface area contributed by atoms with Crippen molar-refractivity contribution in [1.29, 1.82) is 0 Å². The minimum atomic E-state index is 0.863. The lowest BCUT2D eigenvalue weighted by atomic mass is 10.2. The Bertz CT molecular complexity index is 317. The Morgan fingerprint density at radius 2 is 2.06 bits per heavy atom. The van der Waals surface area contributed by atoms with Crippen molar-refractivity contribution in [3.05, 3.63) is 16.0 Å². The second-order valence-electron chi connectivity index (χ2n) is 3.46. The molecule has 0 aliphatic rings. The molecule has 0 aliphatic carbocycles. The molecule has 90 valence electrons. The first-order valence-corrected chi connectivity index (χ1v) is 7.69. The average Bonchev–Trinajstić information content (AvgIpc) is 2.26. The van der Waals surface area contributed by atoms with Gasteiger partial charge in [0.25, 0.3) is 0 Å². The summed E-state index contributed by atoms with van der Waals surface area (Å²) in [4.78, 5) is 9.08. The van der Waals surface area contributed by atoms with Gasteiger partial charge in [0.2, 0.25) is 0 Å². The van der Waals surface area contributed by atoms with Crippen LogP contribution in [0.1, 0.15) is 31.8 Å². The summed E-state index contributed by atoms with van der Waals surface area (Å²) in [5.74, 6) is 2.70. The fraction of sp³-hybridized carbons (Fsp3) is 0.636. The van der Waals surface area contributed by atoms with E-state index in [2.05, 4.69) is 51.3 Å². The summed E-state index contributed by atoms with van der Waals surface area (Å²) in [6, 6.07) is 0. The largest absolute Gasteiger partial charge is 0.369 e. The zero-order valence-electron chi connectivity index (χ0n) is 10.0. The molecule has 0 amide bonds. The van der Waals surface area contributed by atoms with E-state index in [1.807, 2.05) is 0 Å². The molecule has 1 aromatic heterocycles. The predicted molar refractivity (Wildman–Crippen MR) is 75.1 cm³/mol. The third-order valence-corrected chi connectivity index (χ3v) is 3.45. The van der Waals surface area contributed by atoms with Crippen molar-refractivity contribution in [1.82, 2.24) is 9.97 Å². The standard InChI is InChI=1S/C11H18BrN3S/c1-4-6-8-10(12)11(13-5-2)15-9(14-8)7-16-3/h4-7H2,1-3H3,(H,13,14,15). The van der Waals surface area contributed by atoms with Crippen molar-refractivity contribution in [2.75, 3.05) is 18.1 Å². The second-order valence-corrected chi connectivity index (χ2v) is 5.12. The summed E-state index contributed by atoms with van der Waals surface area (Å²) >= 11 is 5.32. The molecule has 5 heteroatoms. The third kappa shape index (κ3) is 3.63. The maximum Gasteiger partial charge on any atom is 0.144 e. The van der Waals surface area contributed by atoms with Crippen LogP contribution in [-0.4, -0.2) is 22.8 Å². The molecule has 1 rings (SSSR count). The highest BCUT2D eigenvalue weighted by atomic mass is 79.9. The number of anilines is 1. The first-order valence-electron chi connectivity index (χ1n) is 5.51. The van der Waals surface area contributed by atoms with Crippen molar-refractivity contribution in [2.24, 2.45) is 0 Å². The zero-order valence-corrected chi connectivity index (χ0v) is 12.4.